The summed E-state index contributed by atoms with van der Waals surface area (Å²) in [6, 6.07) is 0.288. The molecule has 3 rings (SSSR count). The van der Waals surface area contributed by atoms with Crippen LogP contribution in [0.25, 0.3) is 0 Å². The molecule has 1 aromatic heterocycles. The summed E-state index contributed by atoms with van der Waals surface area (Å²) in [5.74, 6) is 1.16. The fourth-order valence-electron chi connectivity index (χ4n) is 4.20. The molecule has 1 aliphatic carbocycles. The van der Waals surface area contributed by atoms with E-state index in [2.05, 4.69) is 34.1 Å². The fraction of sp³-hybridized carbons (Fsp3) is 0.750. The van der Waals surface area contributed by atoms with Gasteiger partial charge in [-0.1, -0.05) is 18.3 Å². The zero-order valence-electron chi connectivity index (χ0n) is 13.8. The third-order valence-corrected chi connectivity index (χ3v) is 6.34. The van der Waals surface area contributed by atoms with E-state index in [1.807, 2.05) is 0 Å². The van der Waals surface area contributed by atoms with Gasteiger partial charge >= 0.3 is 0 Å². The molecule has 2 fully saturated rings. The van der Waals surface area contributed by atoms with Crippen LogP contribution < -0.4 is 10.6 Å². The Morgan fingerprint density at radius 3 is 2.87 bits per heavy atom. The van der Waals surface area contributed by atoms with Crippen molar-refractivity contribution in [2.24, 2.45) is 17.8 Å². The number of hydrogen-bond acceptors (Lipinski definition) is 5. The molecule has 2 amide bonds. The van der Waals surface area contributed by atoms with E-state index in [9.17, 15) is 9.59 Å². The normalized spacial score (nSPS) is 33.7. The van der Waals surface area contributed by atoms with Crippen LogP contribution in [0.1, 0.15) is 54.9 Å². The Bertz CT molecular complexity index is 603. The number of aryl methyl sites for hydroxylation is 1. The quantitative estimate of drug-likeness (QED) is 0.883. The highest BCUT2D eigenvalue weighted by molar-refractivity contribution is 7.08. The van der Waals surface area contributed by atoms with Gasteiger partial charge in [0.2, 0.25) is 5.91 Å². The molecular formula is C16H24N4O2S. The Kier molecular flexibility index (Phi) is 4.66. The van der Waals surface area contributed by atoms with Gasteiger partial charge in [0.1, 0.15) is 4.88 Å². The summed E-state index contributed by atoms with van der Waals surface area (Å²) in [5.41, 5.74) is 0.673. The molecule has 5 unspecified atom stereocenters. The molecule has 2 N–H and O–H groups in total. The van der Waals surface area contributed by atoms with Gasteiger partial charge in [0, 0.05) is 18.0 Å². The third-order valence-electron chi connectivity index (χ3n) is 5.51. The van der Waals surface area contributed by atoms with Crippen LogP contribution in [0.5, 0.6) is 0 Å². The first-order chi connectivity index (χ1) is 11.0. The minimum atomic E-state index is -0.0948. The molecule has 1 aliphatic heterocycles. The van der Waals surface area contributed by atoms with Gasteiger partial charge in [-0.2, -0.15) is 0 Å². The molecule has 0 radical (unpaired) electrons. The summed E-state index contributed by atoms with van der Waals surface area (Å²) in [4.78, 5) is 25.1. The first kappa shape index (κ1) is 16.4. The number of piperidine rings is 1. The van der Waals surface area contributed by atoms with Crippen LogP contribution in [0.15, 0.2) is 0 Å². The summed E-state index contributed by atoms with van der Waals surface area (Å²) in [6.07, 6.45) is 3.73. The summed E-state index contributed by atoms with van der Waals surface area (Å²) in [6.45, 7) is 6.08. The highest BCUT2D eigenvalue weighted by Gasteiger charge is 2.43. The van der Waals surface area contributed by atoms with Gasteiger partial charge < -0.3 is 10.6 Å². The van der Waals surface area contributed by atoms with Crippen LogP contribution >= 0.6 is 11.5 Å². The van der Waals surface area contributed by atoms with Gasteiger partial charge in [-0.15, -0.1) is 5.10 Å². The van der Waals surface area contributed by atoms with E-state index in [1.165, 1.54) is 0 Å². The van der Waals surface area contributed by atoms with E-state index in [0.29, 0.717) is 22.4 Å². The number of nitrogens with zero attached hydrogens (tertiary/aromatic N) is 2. The molecule has 1 aromatic rings. The topological polar surface area (TPSA) is 84.0 Å². The SMILES string of the molecule is CCC1C(=O)NC2CC(NC(=O)c3snnc3C)CCC2C1C. The van der Waals surface area contributed by atoms with Crippen molar-refractivity contribution >= 4 is 23.3 Å². The van der Waals surface area contributed by atoms with Crippen LogP contribution in [0.4, 0.5) is 0 Å². The van der Waals surface area contributed by atoms with Gasteiger partial charge in [-0.25, -0.2) is 0 Å². The van der Waals surface area contributed by atoms with Crippen molar-refractivity contribution < 1.29 is 9.59 Å². The summed E-state index contributed by atoms with van der Waals surface area (Å²) in [7, 11) is 0. The molecule has 5 atom stereocenters. The average Bonchev–Trinajstić information content (AvgIpc) is 2.93. The molecular weight excluding hydrogens is 312 g/mol. The van der Waals surface area contributed by atoms with Crippen molar-refractivity contribution in [3.8, 4) is 0 Å². The molecule has 2 heterocycles. The lowest BCUT2D eigenvalue weighted by Gasteiger charge is -2.46. The highest BCUT2D eigenvalue weighted by Crippen LogP contribution is 2.38. The number of nitrogens with one attached hydrogen (secondary N) is 2. The van der Waals surface area contributed by atoms with Gasteiger partial charge in [0.25, 0.3) is 5.91 Å². The van der Waals surface area contributed by atoms with Crippen molar-refractivity contribution in [1.82, 2.24) is 20.2 Å². The van der Waals surface area contributed by atoms with E-state index in [4.69, 9.17) is 0 Å². The maximum Gasteiger partial charge on any atom is 0.265 e. The van der Waals surface area contributed by atoms with Crippen LogP contribution in [0, 0.1) is 24.7 Å². The molecule has 23 heavy (non-hydrogen) atoms. The van der Waals surface area contributed by atoms with Gasteiger partial charge in [-0.05, 0) is 56.0 Å². The highest BCUT2D eigenvalue weighted by atomic mass is 32.1. The minimum absolute atomic E-state index is 0.0948. The van der Waals surface area contributed by atoms with Crippen molar-refractivity contribution in [1.29, 1.82) is 0 Å². The smallest absolute Gasteiger partial charge is 0.265 e. The Hall–Kier alpha value is -1.50. The lowest BCUT2D eigenvalue weighted by Crippen LogP contribution is -2.58. The predicted octanol–water partition coefficient (Wildman–Crippen LogP) is 1.91. The van der Waals surface area contributed by atoms with Gasteiger partial charge in [-0.3, -0.25) is 9.59 Å². The molecule has 126 valence electrons. The second-order valence-corrected chi connectivity index (χ2v) is 7.58. The molecule has 2 aliphatic rings. The van der Waals surface area contributed by atoms with Crippen molar-refractivity contribution in [3.63, 3.8) is 0 Å². The number of hydrogen-bond donors (Lipinski definition) is 2. The van der Waals surface area contributed by atoms with Gasteiger partial charge in [0.15, 0.2) is 0 Å². The Balaban J connectivity index is 1.63. The average molecular weight is 336 g/mol. The number of fused-ring (bicyclic) bond motifs is 1. The summed E-state index contributed by atoms with van der Waals surface area (Å²) >= 11 is 1.13. The first-order valence-electron chi connectivity index (χ1n) is 8.41. The molecule has 0 bridgehead atoms. The lowest BCUT2D eigenvalue weighted by molar-refractivity contribution is -0.133. The van der Waals surface area contributed by atoms with Crippen LogP contribution in [0.2, 0.25) is 0 Å². The zero-order valence-corrected chi connectivity index (χ0v) is 14.7. The second kappa shape index (κ2) is 6.55. The zero-order chi connectivity index (χ0) is 16.6. The molecule has 0 spiro atoms. The molecule has 6 nitrogen and oxygen atoms in total. The number of carbonyl (C=O) groups excluding carboxylic acids is 2. The molecule has 0 aromatic carbocycles. The number of rotatable bonds is 3. The summed E-state index contributed by atoms with van der Waals surface area (Å²) < 4.78 is 3.81. The number of carbonyl (C=O) groups is 2. The molecule has 1 saturated heterocycles. The van der Waals surface area contributed by atoms with Crippen molar-refractivity contribution in [2.75, 3.05) is 0 Å². The predicted molar refractivity (Wildman–Crippen MR) is 88.1 cm³/mol. The van der Waals surface area contributed by atoms with E-state index in [-0.39, 0.29) is 29.8 Å². The Morgan fingerprint density at radius 2 is 2.22 bits per heavy atom. The Morgan fingerprint density at radius 1 is 1.43 bits per heavy atom. The lowest BCUT2D eigenvalue weighted by atomic mass is 9.67. The third kappa shape index (κ3) is 3.11. The number of amides is 2. The van der Waals surface area contributed by atoms with E-state index >= 15 is 0 Å². The number of aromatic nitrogens is 2. The first-order valence-corrected chi connectivity index (χ1v) is 9.18. The van der Waals surface area contributed by atoms with Crippen molar-refractivity contribution in [3.05, 3.63) is 10.6 Å². The van der Waals surface area contributed by atoms with E-state index in [0.717, 1.165) is 37.2 Å². The van der Waals surface area contributed by atoms with Crippen LogP contribution in [-0.2, 0) is 4.79 Å². The summed E-state index contributed by atoms with van der Waals surface area (Å²) in [5, 5.41) is 10.2. The Labute approximate surface area is 140 Å². The maximum atomic E-state index is 12.3. The van der Waals surface area contributed by atoms with E-state index in [1.54, 1.807) is 6.92 Å². The largest absolute Gasteiger partial charge is 0.353 e. The standard InChI is InChI=1S/C16H24N4O2S/c1-4-11-8(2)12-6-5-10(7-13(12)18-15(11)21)17-16(22)14-9(3)19-20-23-14/h8,10-13H,4-7H2,1-3H3,(H,17,22)(H,18,21). The van der Waals surface area contributed by atoms with Crippen LogP contribution in [-0.4, -0.2) is 33.5 Å². The van der Waals surface area contributed by atoms with Crippen LogP contribution in [0.3, 0.4) is 0 Å². The van der Waals surface area contributed by atoms with Crippen molar-refractivity contribution in [2.45, 2.75) is 58.5 Å². The maximum absolute atomic E-state index is 12.3. The molecule has 7 heteroatoms. The minimum Gasteiger partial charge on any atom is -0.353 e. The molecule has 1 saturated carbocycles. The fourth-order valence-corrected chi connectivity index (χ4v) is 4.75. The second-order valence-electron chi connectivity index (χ2n) is 6.82. The van der Waals surface area contributed by atoms with E-state index < -0.39 is 0 Å². The monoisotopic (exact) mass is 336 g/mol. The van der Waals surface area contributed by atoms with Gasteiger partial charge in [0.05, 0.1) is 5.69 Å².